The molecule has 3 nitrogen and oxygen atoms in total. The van der Waals surface area contributed by atoms with Crippen molar-refractivity contribution in [2.24, 2.45) is 5.92 Å². The molecule has 2 rings (SSSR count). The summed E-state index contributed by atoms with van der Waals surface area (Å²) >= 11 is 0. The molecule has 1 heterocycles. The number of benzene rings is 1. The van der Waals surface area contributed by atoms with Gasteiger partial charge in [-0.25, -0.2) is 4.39 Å². The first-order valence-corrected chi connectivity index (χ1v) is 5.86. The van der Waals surface area contributed by atoms with Crippen molar-refractivity contribution in [3.8, 4) is 5.75 Å². The first-order chi connectivity index (χ1) is 8.09. The maximum absolute atomic E-state index is 13.5. The first kappa shape index (κ1) is 11.9. The number of halogens is 1. The molecule has 0 aliphatic carbocycles. The van der Waals surface area contributed by atoms with Crippen molar-refractivity contribution in [3.05, 3.63) is 29.6 Å². The molecule has 17 heavy (non-hydrogen) atoms. The lowest BCUT2D eigenvalue weighted by Crippen LogP contribution is -2.39. The predicted octanol–water partition coefficient (Wildman–Crippen LogP) is 2.40. The van der Waals surface area contributed by atoms with Crippen molar-refractivity contribution in [2.45, 2.75) is 19.8 Å². The Kier molecular flexibility index (Phi) is 3.31. The normalized spacial score (nSPS) is 20.4. The number of likely N-dealkylation sites (tertiary alicyclic amines) is 1. The number of hydrogen-bond acceptors (Lipinski definition) is 2. The summed E-state index contributed by atoms with van der Waals surface area (Å²) in [7, 11) is 0. The molecule has 1 unspecified atom stereocenters. The van der Waals surface area contributed by atoms with Crippen LogP contribution in [0.2, 0.25) is 0 Å². The van der Waals surface area contributed by atoms with Gasteiger partial charge in [0, 0.05) is 13.1 Å². The van der Waals surface area contributed by atoms with E-state index in [9.17, 15) is 14.3 Å². The molecule has 1 aromatic carbocycles. The summed E-state index contributed by atoms with van der Waals surface area (Å²) in [5.41, 5.74) is -0.207. The summed E-state index contributed by atoms with van der Waals surface area (Å²) in [6, 6.07) is 3.92. The van der Waals surface area contributed by atoms with Crippen LogP contribution < -0.4 is 0 Å². The van der Waals surface area contributed by atoms with Gasteiger partial charge in [-0.05, 0) is 30.9 Å². The van der Waals surface area contributed by atoms with Crippen LogP contribution in [0.25, 0.3) is 0 Å². The van der Waals surface area contributed by atoms with Crippen molar-refractivity contribution in [2.75, 3.05) is 13.1 Å². The maximum atomic E-state index is 13.5. The van der Waals surface area contributed by atoms with Crippen LogP contribution in [0.15, 0.2) is 18.2 Å². The molecule has 1 saturated heterocycles. The van der Waals surface area contributed by atoms with Gasteiger partial charge in [0.25, 0.3) is 5.91 Å². The van der Waals surface area contributed by atoms with E-state index < -0.39 is 11.7 Å². The van der Waals surface area contributed by atoms with Gasteiger partial charge >= 0.3 is 0 Å². The summed E-state index contributed by atoms with van der Waals surface area (Å²) < 4.78 is 13.5. The van der Waals surface area contributed by atoms with Gasteiger partial charge in [-0.15, -0.1) is 0 Å². The summed E-state index contributed by atoms with van der Waals surface area (Å²) in [6.07, 6.45) is 2.02. The molecule has 92 valence electrons. The standard InChI is InChI=1S/C13H16FNO2/c1-9-4-3-7-15(8-9)13(17)12-10(14)5-2-6-11(12)16/h2,5-6,9,16H,3-4,7-8H2,1H3. The molecular weight excluding hydrogens is 221 g/mol. The molecule has 0 saturated carbocycles. The Bertz CT molecular complexity index is 413. The SMILES string of the molecule is CC1CCCN(C(=O)c2c(O)cccc2F)C1. The second-order valence-electron chi connectivity index (χ2n) is 4.63. The van der Waals surface area contributed by atoms with Crippen LogP contribution in [-0.2, 0) is 0 Å². The zero-order chi connectivity index (χ0) is 12.4. The third-order valence-corrected chi connectivity index (χ3v) is 3.15. The Balaban J connectivity index is 2.24. The number of nitrogens with zero attached hydrogens (tertiary/aromatic N) is 1. The highest BCUT2D eigenvalue weighted by Gasteiger charge is 2.26. The molecule has 1 fully saturated rings. The molecule has 1 aliphatic heterocycles. The van der Waals surface area contributed by atoms with Crippen molar-refractivity contribution >= 4 is 5.91 Å². The molecule has 1 amide bonds. The van der Waals surface area contributed by atoms with Crippen molar-refractivity contribution in [3.63, 3.8) is 0 Å². The van der Waals surface area contributed by atoms with E-state index in [-0.39, 0.29) is 11.3 Å². The van der Waals surface area contributed by atoms with Crippen LogP contribution in [0.3, 0.4) is 0 Å². The minimum atomic E-state index is -0.659. The zero-order valence-corrected chi connectivity index (χ0v) is 9.82. The predicted molar refractivity (Wildman–Crippen MR) is 62.4 cm³/mol. The molecule has 1 N–H and O–H groups in total. The van der Waals surface area contributed by atoms with Crippen molar-refractivity contribution < 1.29 is 14.3 Å². The third-order valence-electron chi connectivity index (χ3n) is 3.15. The number of carbonyl (C=O) groups excluding carboxylic acids is 1. The van der Waals surface area contributed by atoms with Gasteiger partial charge in [-0.2, -0.15) is 0 Å². The molecule has 1 aromatic rings. The number of rotatable bonds is 1. The second-order valence-corrected chi connectivity index (χ2v) is 4.63. The second kappa shape index (κ2) is 4.73. The average Bonchev–Trinajstić information content (AvgIpc) is 2.28. The van der Waals surface area contributed by atoms with Gasteiger partial charge in [-0.1, -0.05) is 13.0 Å². The van der Waals surface area contributed by atoms with E-state index in [1.54, 1.807) is 4.90 Å². The van der Waals surface area contributed by atoms with Gasteiger partial charge in [-0.3, -0.25) is 4.79 Å². The van der Waals surface area contributed by atoms with Crippen LogP contribution in [0.4, 0.5) is 4.39 Å². The van der Waals surface area contributed by atoms with Crippen molar-refractivity contribution in [1.82, 2.24) is 4.90 Å². The van der Waals surface area contributed by atoms with Crippen LogP contribution in [0.1, 0.15) is 30.1 Å². The Morgan fingerprint density at radius 2 is 2.29 bits per heavy atom. The molecule has 1 aliphatic rings. The van der Waals surface area contributed by atoms with E-state index in [1.165, 1.54) is 18.2 Å². The Hall–Kier alpha value is -1.58. The maximum Gasteiger partial charge on any atom is 0.260 e. The average molecular weight is 237 g/mol. The monoisotopic (exact) mass is 237 g/mol. The zero-order valence-electron chi connectivity index (χ0n) is 9.82. The van der Waals surface area contributed by atoms with Crippen LogP contribution >= 0.6 is 0 Å². The highest BCUT2D eigenvalue weighted by molar-refractivity contribution is 5.97. The smallest absolute Gasteiger partial charge is 0.260 e. The molecule has 1 atom stereocenters. The van der Waals surface area contributed by atoms with Gasteiger partial charge in [0.15, 0.2) is 0 Å². The van der Waals surface area contributed by atoms with E-state index in [2.05, 4.69) is 6.92 Å². The highest BCUT2D eigenvalue weighted by Crippen LogP contribution is 2.24. The first-order valence-electron chi connectivity index (χ1n) is 5.86. The number of phenolic OH excluding ortho intramolecular Hbond substituents is 1. The third kappa shape index (κ3) is 2.40. The summed E-state index contributed by atoms with van der Waals surface area (Å²) in [6.45, 7) is 3.34. The number of piperidine rings is 1. The van der Waals surface area contributed by atoms with Gasteiger partial charge in [0.05, 0.1) is 0 Å². The highest BCUT2D eigenvalue weighted by atomic mass is 19.1. The van der Waals surface area contributed by atoms with Gasteiger partial charge in [0.1, 0.15) is 17.1 Å². The number of hydrogen-bond donors (Lipinski definition) is 1. The number of amides is 1. The van der Waals surface area contributed by atoms with E-state index in [0.29, 0.717) is 19.0 Å². The number of phenols is 1. The van der Waals surface area contributed by atoms with E-state index >= 15 is 0 Å². The van der Waals surface area contributed by atoms with E-state index in [1.807, 2.05) is 0 Å². The van der Waals surface area contributed by atoms with E-state index in [0.717, 1.165) is 12.8 Å². The molecule has 4 heteroatoms. The topological polar surface area (TPSA) is 40.5 Å². The van der Waals surface area contributed by atoms with Crippen LogP contribution in [-0.4, -0.2) is 29.0 Å². The quantitative estimate of drug-likeness (QED) is 0.814. The van der Waals surface area contributed by atoms with Crippen LogP contribution in [0, 0.1) is 11.7 Å². The lowest BCUT2D eigenvalue weighted by atomic mass is 9.99. The molecular formula is C13H16FNO2. The van der Waals surface area contributed by atoms with Crippen LogP contribution in [0.5, 0.6) is 5.75 Å². The molecule has 0 radical (unpaired) electrons. The fourth-order valence-electron chi connectivity index (χ4n) is 2.26. The fraction of sp³-hybridized carbons (Fsp3) is 0.462. The number of carbonyl (C=O) groups is 1. The Morgan fingerprint density at radius 3 is 2.94 bits per heavy atom. The summed E-state index contributed by atoms with van der Waals surface area (Å²) in [5, 5.41) is 9.57. The minimum Gasteiger partial charge on any atom is -0.507 e. The molecule has 0 aromatic heterocycles. The Morgan fingerprint density at radius 1 is 1.53 bits per heavy atom. The molecule has 0 bridgehead atoms. The fourth-order valence-corrected chi connectivity index (χ4v) is 2.26. The number of aromatic hydroxyl groups is 1. The largest absolute Gasteiger partial charge is 0.507 e. The van der Waals surface area contributed by atoms with Gasteiger partial charge < -0.3 is 10.0 Å². The van der Waals surface area contributed by atoms with Crippen molar-refractivity contribution in [1.29, 1.82) is 0 Å². The lowest BCUT2D eigenvalue weighted by Gasteiger charge is -2.31. The minimum absolute atomic E-state index is 0.207. The van der Waals surface area contributed by atoms with E-state index in [4.69, 9.17) is 0 Å². The lowest BCUT2D eigenvalue weighted by molar-refractivity contribution is 0.0675. The van der Waals surface area contributed by atoms with Gasteiger partial charge in [0.2, 0.25) is 0 Å². The summed E-state index contributed by atoms with van der Waals surface area (Å²) in [5.74, 6) is -0.921. The Labute approximate surface area is 99.9 Å². The summed E-state index contributed by atoms with van der Waals surface area (Å²) in [4.78, 5) is 13.7. The molecule has 0 spiro atoms.